The maximum absolute atomic E-state index is 13.4. The van der Waals surface area contributed by atoms with E-state index in [0.717, 1.165) is 49.8 Å². The summed E-state index contributed by atoms with van der Waals surface area (Å²) in [7, 11) is 0. The van der Waals surface area contributed by atoms with E-state index in [1.54, 1.807) is 12.1 Å². The van der Waals surface area contributed by atoms with Crippen molar-refractivity contribution < 1.29 is 24.5 Å². The van der Waals surface area contributed by atoms with Gasteiger partial charge < -0.3 is 20.2 Å². The average molecular weight is 520 g/mol. The third kappa shape index (κ3) is 6.87. The topological polar surface area (TPSA) is 81.0 Å². The lowest BCUT2D eigenvalue weighted by atomic mass is 9.78. The van der Waals surface area contributed by atoms with Crippen LogP contribution in [-0.4, -0.2) is 34.4 Å². The van der Waals surface area contributed by atoms with Crippen LogP contribution in [0.3, 0.4) is 0 Å². The van der Waals surface area contributed by atoms with E-state index >= 15 is 0 Å². The van der Waals surface area contributed by atoms with Crippen LogP contribution in [-0.2, 0) is 17.6 Å². The zero-order valence-electron chi connectivity index (χ0n) is 21.8. The summed E-state index contributed by atoms with van der Waals surface area (Å²) < 4.78 is 13.3. The predicted octanol–water partition coefficient (Wildman–Crippen LogP) is 5.67. The fourth-order valence-electron chi connectivity index (χ4n) is 5.27. The van der Waals surface area contributed by atoms with Crippen molar-refractivity contribution in [2.75, 3.05) is 18.1 Å². The van der Waals surface area contributed by atoms with Crippen molar-refractivity contribution in [1.82, 2.24) is 0 Å². The fourth-order valence-corrected chi connectivity index (χ4v) is 5.27. The van der Waals surface area contributed by atoms with E-state index < -0.39 is 6.10 Å². The molecule has 0 aromatic heterocycles. The van der Waals surface area contributed by atoms with Gasteiger partial charge in [0.15, 0.2) is 0 Å². The van der Waals surface area contributed by atoms with Gasteiger partial charge in [0, 0.05) is 18.9 Å². The number of halogens is 1. The number of aliphatic hydroxyl groups is 3. The highest BCUT2D eigenvalue weighted by atomic mass is 19.1. The molecule has 0 radical (unpaired) electrons. The van der Waals surface area contributed by atoms with E-state index in [2.05, 4.69) is 24.3 Å². The standard InChI is InChI=1S/C32H38FNO4/c33-27-15-13-25(14-16-27)30(37)20-19-29-31(26-11-7-23(8-12-26)5-1-3-21-35)34(32(29)38)28-17-9-24(10-18-28)6-2-4-22-36/h7-18,29-31,35-37H,1-6,19-22H2/t29-,30+,31-/m1/s1. The van der Waals surface area contributed by atoms with E-state index in [9.17, 15) is 14.3 Å². The maximum Gasteiger partial charge on any atom is 0.233 e. The SMILES string of the molecule is O=C1[C@H](CC[C@H](O)c2ccc(F)cc2)[C@@H](c2ccc(CCCCO)cc2)N1c1ccc(CCCCO)cc1. The number of benzene rings is 3. The highest BCUT2D eigenvalue weighted by Crippen LogP contribution is 2.46. The van der Waals surface area contributed by atoms with E-state index in [4.69, 9.17) is 10.2 Å². The molecular weight excluding hydrogens is 481 g/mol. The van der Waals surface area contributed by atoms with Gasteiger partial charge in [-0.3, -0.25) is 4.79 Å². The third-order valence-electron chi connectivity index (χ3n) is 7.50. The zero-order valence-corrected chi connectivity index (χ0v) is 21.8. The number of hydrogen-bond acceptors (Lipinski definition) is 4. The molecule has 0 saturated carbocycles. The second-order valence-electron chi connectivity index (χ2n) is 10.2. The van der Waals surface area contributed by atoms with Gasteiger partial charge in [0.1, 0.15) is 5.82 Å². The van der Waals surface area contributed by atoms with Gasteiger partial charge in [-0.25, -0.2) is 4.39 Å². The molecule has 3 aromatic carbocycles. The van der Waals surface area contributed by atoms with Gasteiger partial charge in [0.25, 0.3) is 0 Å². The minimum atomic E-state index is -0.759. The van der Waals surface area contributed by atoms with Gasteiger partial charge in [-0.2, -0.15) is 0 Å². The van der Waals surface area contributed by atoms with Crippen LogP contribution in [0.25, 0.3) is 0 Å². The highest BCUT2D eigenvalue weighted by Gasteiger charge is 2.48. The first-order valence-electron chi connectivity index (χ1n) is 13.7. The van der Waals surface area contributed by atoms with Crippen LogP contribution >= 0.6 is 0 Å². The Bertz CT molecular complexity index is 1150. The Morgan fingerprint density at radius 3 is 1.87 bits per heavy atom. The Labute approximate surface area is 224 Å². The number of β-lactam (4-membered cyclic amide) rings is 1. The van der Waals surface area contributed by atoms with Gasteiger partial charge in [-0.1, -0.05) is 48.5 Å². The molecule has 1 aliphatic heterocycles. The monoisotopic (exact) mass is 519 g/mol. The summed E-state index contributed by atoms with van der Waals surface area (Å²) in [5.74, 6) is -0.555. The number of aryl methyl sites for hydroxylation is 2. The highest BCUT2D eigenvalue weighted by molar-refractivity contribution is 6.03. The molecule has 1 saturated heterocycles. The zero-order chi connectivity index (χ0) is 26.9. The molecule has 5 nitrogen and oxygen atoms in total. The van der Waals surface area contributed by atoms with Crippen LogP contribution < -0.4 is 4.90 Å². The molecule has 4 rings (SSSR count). The van der Waals surface area contributed by atoms with E-state index in [1.807, 2.05) is 29.2 Å². The van der Waals surface area contributed by atoms with E-state index in [0.29, 0.717) is 18.4 Å². The third-order valence-corrected chi connectivity index (χ3v) is 7.50. The summed E-state index contributed by atoms with van der Waals surface area (Å²) in [5, 5.41) is 28.8. The Morgan fingerprint density at radius 1 is 0.763 bits per heavy atom. The lowest BCUT2D eigenvalue weighted by Crippen LogP contribution is -2.55. The molecule has 202 valence electrons. The summed E-state index contributed by atoms with van der Waals surface area (Å²) in [6.07, 6.45) is 5.37. The molecular formula is C32H38FNO4. The van der Waals surface area contributed by atoms with Crippen LogP contribution in [0.1, 0.15) is 72.9 Å². The number of hydrogen-bond donors (Lipinski definition) is 3. The molecule has 1 amide bonds. The van der Waals surface area contributed by atoms with Gasteiger partial charge in [0.05, 0.1) is 18.1 Å². The number of carbonyl (C=O) groups excluding carboxylic acids is 1. The number of anilines is 1. The molecule has 3 N–H and O–H groups in total. The van der Waals surface area contributed by atoms with Crippen LogP contribution in [0, 0.1) is 11.7 Å². The van der Waals surface area contributed by atoms with Gasteiger partial charge in [0.2, 0.25) is 5.91 Å². The minimum absolute atomic E-state index is 0.0429. The Hall–Kier alpha value is -3.06. The molecule has 1 heterocycles. The van der Waals surface area contributed by atoms with Crippen LogP contribution in [0.15, 0.2) is 72.8 Å². The van der Waals surface area contributed by atoms with Crippen molar-refractivity contribution >= 4 is 11.6 Å². The number of aliphatic hydroxyl groups excluding tert-OH is 3. The van der Waals surface area contributed by atoms with Crippen LogP contribution in [0.4, 0.5) is 10.1 Å². The lowest BCUT2D eigenvalue weighted by Gasteiger charge is -2.48. The molecule has 0 spiro atoms. The summed E-state index contributed by atoms with van der Waals surface area (Å²) in [5.41, 5.74) is 4.94. The largest absolute Gasteiger partial charge is 0.396 e. The Kier molecular flexibility index (Phi) is 10.0. The van der Waals surface area contributed by atoms with Crippen LogP contribution in [0.5, 0.6) is 0 Å². The van der Waals surface area contributed by atoms with E-state index in [1.165, 1.54) is 23.3 Å². The summed E-state index contributed by atoms with van der Waals surface area (Å²) >= 11 is 0. The Balaban J connectivity index is 1.50. The fraction of sp³-hybridized carbons (Fsp3) is 0.406. The van der Waals surface area contributed by atoms with Crippen molar-refractivity contribution in [2.45, 2.75) is 63.5 Å². The smallest absolute Gasteiger partial charge is 0.233 e. The Morgan fingerprint density at radius 2 is 1.32 bits per heavy atom. The molecule has 3 aromatic rings. The first-order chi connectivity index (χ1) is 18.5. The van der Waals surface area contributed by atoms with Crippen molar-refractivity contribution in [1.29, 1.82) is 0 Å². The van der Waals surface area contributed by atoms with Crippen molar-refractivity contribution in [2.24, 2.45) is 5.92 Å². The van der Waals surface area contributed by atoms with Gasteiger partial charge in [-0.15, -0.1) is 0 Å². The number of amides is 1. The number of nitrogens with zero attached hydrogens (tertiary/aromatic N) is 1. The van der Waals surface area contributed by atoms with Crippen molar-refractivity contribution in [3.05, 3.63) is 101 Å². The molecule has 0 aliphatic carbocycles. The van der Waals surface area contributed by atoms with Gasteiger partial charge >= 0.3 is 0 Å². The molecule has 0 bridgehead atoms. The molecule has 38 heavy (non-hydrogen) atoms. The summed E-state index contributed by atoms with van der Waals surface area (Å²) in [4.78, 5) is 15.3. The van der Waals surface area contributed by atoms with E-state index in [-0.39, 0.29) is 36.9 Å². The predicted molar refractivity (Wildman–Crippen MR) is 147 cm³/mol. The number of rotatable bonds is 14. The lowest BCUT2D eigenvalue weighted by molar-refractivity contribution is -0.131. The van der Waals surface area contributed by atoms with Gasteiger partial charge in [-0.05, 0) is 97.9 Å². The molecule has 1 aliphatic rings. The maximum atomic E-state index is 13.4. The molecule has 1 fully saturated rings. The first-order valence-corrected chi connectivity index (χ1v) is 13.7. The van der Waals surface area contributed by atoms with Crippen LogP contribution in [0.2, 0.25) is 0 Å². The summed E-state index contributed by atoms with van der Waals surface area (Å²) in [6, 6.07) is 22.2. The quantitative estimate of drug-likeness (QED) is 0.189. The average Bonchev–Trinajstić information content (AvgIpc) is 2.93. The first kappa shape index (κ1) is 28.0. The minimum Gasteiger partial charge on any atom is -0.396 e. The molecule has 0 unspecified atom stereocenters. The normalized spacial score (nSPS) is 17.9. The molecule has 6 heteroatoms. The second-order valence-corrected chi connectivity index (χ2v) is 10.2. The number of carbonyl (C=O) groups is 1. The molecule has 3 atom stereocenters. The van der Waals surface area contributed by atoms with Crippen molar-refractivity contribution in [3.8, 4) is 0 Å². The summed E-state index contributed by atoms with van der Waals surface area (Å²) in [6.45, 7) is 0.391. The number of unbranched alkanes of at least 4 members (excludes halogenated alkanes) is 2. The second kappa shape index (κ2) is 13.7. The van der Waals surface area contributed by atoms with Crippen molar-refractivity contribution in [3.63, 3.8) is 0 Å².